The Bertz CT molecular complexity index is 443. The van der Waals surface area contributed by atoms with E-state index in [0.29, 0.717) is 5.92 Å². The van der Waals surface area contributed by atoms with Gasteiger partial charge in [-0.3, -0.25) is 0 Å². The lowest BCUT2D eigenvalue weighted by molar-refractivity contribution is 0.0183. The van der Waals surface area contributed by atoms with Crippen molar-refractivity contribution in [3.8, 4) is 11.5 Å². The zero-order valence-electron chi connectivity index (χ0n) is 10.3. The van der Waals surface area contributed by atoms with E-state index in [0.717, 1.165) is 42.2 Å². The third-order valence-electron chi connectivity index (χ3n) is 4.31. The van der Waals surface area contributed by atoms with Crippen LogP contribution in [0.15, 0.2) is 18.2 Å². The van der Waals surface area contributed by atoms with Crippen LogP contribution in [0.4, 0.5) is 0 Å². The first-order valence-electron chi connectivity index (χ1n) is 6.14. The summed E-state index contributed by atoms with van der Waals surface area (Å²) in [5.41, 5.74) is 0.189. The molecule has 0 aliphatic heterocycles. The van der Waals surface area contributed by atoms with Crippen molar-refractivity contribution in [1.29, 1.82) is 0 Å². The molecule has 0 bridgehead atoms. The van der Waals surface area contributed by atoms with E-state index < -0.39 is 5.60 Å². The molecule has 3 atom stereocenters. The molecule has 1 aromatic rings. The summed E-state index contributed by atoms with van der Waals surface area (Å²) < 4.78 is 10.6. The summed E-state index contributed by atoms with van der Waals surface area (Å²) in [6, 6.07) is 5.66. The third kappa shape index (κ3) is 1.53. The third-order valence-corrected chi connectivity index (χ3v) is 4.31. The summed E-state index contributed by atoms with van der Waals surface area (Å²) in [6.07, 6.45) is 3.12. The molecular formula is C14H18O3. The quantitative estimate of drug-likeness (QED) is 0.872. The van der Waals surface area contributed by atoms with Crippen molar-refractivity contribution in [1.82, 2.24) is 0 Å². The van der Waals surface area contributed by atoms with Crippen LogP contribution in [0.5, 0.6) is 11.5 Å². The highest BCUT2D eigenvalue weighted by Gasteiger charge is 2.58. The number of aliphatic hydroxyl groups is 1. The first-order valence-corrected chi connectivity index (χ1v) is 6.14. The lowest BCUT2D eigenvalue weighted by Gasteiger charge is -2.27. The minimum atomic E-state index is -0.704. The molecule has 17 heavy (non-hydrogen) atoms. The first kappa shape index (κ1) is 10.9. The van der Waals surface area contributed by atoms with Crippen LogP contribution in [0.2, 0.25) is 0 Å². The van der Waals surface area contributed by atoms with E-state index >= 15 is 0 Å². The topological polar surface area (TPSA) is 38.7 Å². The normalized spacial score (nSPS) is 34.3. The monoisotopic (exact) mass is 234 g/mol. The Labute approximate surface area is 101 Å². The Morgan fingerprint density at radius 3 is 2.65 bits per heavy atom. The molecular weight excluding hydrogens is 216 g/mol. The molecule has 92 valence electrons. The van der Waals surface area contributed by atoms with Crippen molar-refractivity contribution in [3.05, 3.63) is 23.8 Å². The molecule has 3 rings (SSSR count). The number of methoxy groups -OCH3 is 2. The van der Waals surface area contributed by atoms with E-state index in [4.69, 9.17) is 9.47 Å². The van der Waals surface area contributed by atoms with Gasteiger partial charge in [0.1, 0.15) is 11.5 Å². The van der Waals surface area contributed by atoms with Crippen LogP contribution in [0.25, 0.3) is 0 Å². The molecule has 1 aromatic carbocycles. The number of benzene rings is 1. The van der Waals surface area contributed by atoms with Gasteiger partial charge in [0.05, 0.1) is 19.8 Å². The smallest absolute Gasteiger partial charge is 0.125 e. The average molecular weight is 234 g/mol. The Morgan fingerprint density at radius 1 is 1.29 bits per heavy atom. The molecule has 3 heteroatoms. The van der Waals surface area contributed by atoms with Crippen LogP contribution >= 0.6 is 0 Å². The van der Waals surface area contributed by atoms with Crippen LogP contribution in [0.3, 0.4) is 0 Å². The zero-order chi connectivity index (χ0) is 12.0. The van der Waals surface area contributed by atoms with E-state index in [1.54, 1.807) is 14.2 Å². The van der Waals surface area contributed by atoms with Gasteiger partial charge in [-0.1, -0.05) is 0 Å². The number of rotatable bonds is 3. The average Bonchev–Trinajstić information content (AvgIpc) is 3.09. The van der Waals surface area contributed by atoms with Crippen LogP contribution in [0.1, 0.15) is 24.8 Å². The maximum Gasteiger partial charge on any atom is 0.125 e. The maximum absolute atomic E-state index is 10.9. The molecule has 0 saturated heterocycles. The molecule has 1 N–H and O–H groups in total. The Kier molecular flexibility index (Phi) is 2.33. The molecule has 2 saturated carbocycles. The summed E-state index contributed by atoms with van der Waals surface area (Å²) in [4.78, 5) is 0. The van der Waals surface area contributed by atoms with Crippen LogP contribution < -0.4 is 9.47 Å². The number of hydrogen-bond donors (Lipinski definition) is 1. The fourth-order valence-corrected chi connectivity index (χ4v) is 3.23. The SMILES string of the molecule is COc1ccc(OC)c(C2(O)CCC3CC32)c1. The lowest BCUT2D eigenvalue weighted by Crippen LogP contribution is -2.26. The van der Waals surface area contributed by atoms with Crippen molar-refractivity contribution in [2.75, 3.05) is 14.2 Å². The van der Waals surface area contributed by atoms with Gasteiger partial charge in [0.25, 0.3) is 0 Å². The van der Waals surface area contributed by atoms with E-state index in [1.165, 1.54) is 0 Å². The van der Waals surface area contributed by atoms with Crippen LogP contribution in [-0.2, 0) is 5.60 Å². The summed E-state index contributed by atoms with van der Waals surface area (Å²) in [5.74, 6) is 2.68. The lowest BCUT2D eigenvalue weighted by atomic mass is 9.88. The zero-order valence-corrected chi connectivity index (χ0v) is 10.3. The molecule has 0 heterocycles. The predicted octanol–water partition coefficient (Wildman–Crippen LogP) is 2.32. The first-order chi connectivity index (χ1) is 8.19. The van der Waals surface area contributed by atoms with Crippen molar-refractivity contribution < 1.29 is 14.6 Å². The van der Waals surface area contributed by atoms with E-state index in [9.17, 15) is 5.11 Å². The van der Waals surface area contributed by atoms with E-state index in [1.807, 2.05) is 18.2 Å². The van der Waals surface area contributed by atoms with Crippen LogP contribution in [0, 0.1) is 11.8 Å². The number of fused-ring (bicyclic) bond motifs is 1. The van der Waals surface area contributed by atoms with Gasteiger partial charge in [0.2, 0.25) is 0 Å². The summed E-state index contributed by atoms with van der Waals surface area (Å²) in [7, 11) is 3.29. The van der Waals surface area contributed by atoms with Crippen molar-refractivity contribution in [3.63, 3.8) is 0 Å². The molecule has 2 aliphatic carbocycles. The van der Waals surface area contributed by atoms with Gasteiger partial charge in [0, 0.05) is 5.56 Å². The second kappa shape index (κ2) is 3.64. The molecule has 2 fully saturated rings. The second-order valence-corrected chi connectivity index (χ2v) is 5.13. The van der Waals surface area contributed by atoms with Gasteiger partial charge in [-0.05, 0) is 49.3 Å². The predicted molar refractivity (Wildman–Crippen MR) is 64.3 cm³/mol. The van der Waals surface area contributed by atoms with Gasteiger partial charge in [-0.25, -0.2) is 0 Å². The standard InChI is InChI=1S/C14H18O3/c1-16-10-3-4-13(17-2)12(8-10)14(15)6-5-9-7-11(9)14/h3-4,8-9,11,15H,5-7H2,1-2H3. The largest absolute Gasteiger partial charge is 0.497 e. The van der Waals surface area contributed by atoms with Gasteiger partial charge in [-0.15, -0.1) is 0 Å². The highest BCUT2D eigenvalue weighted by atomic mass is 16.5. The maximum atomic E-state index is 10.9. The van der Waals surface area contributed by atoms with Gasteiger partial charge < -0.3 is 14.6 Å². The van der Waals surface area contributed by atoms with E-state index in [-0.39, 0.29) is 0 Å². The minimum absolute atomic E-state index is 0.420. The molecule has 0 spiro atoms. The highest BCUT2D eigenvalue weighted by molar-refractivity contribution is 5.45. The fourth-order valence-electron chi connectivity index (χ4n) is 3.23. The summed E-state index contributed by atoms with van der Waals surface area (Å²) in [6.45, 7) is 0. The van der Waals surface area contributed by atoms with Gasteiger partial charge in [-0.2, -0.15) is 0 Å². The van der Waals surface area contributed by atoms with Gasteiger partial charge >= 0.3 is 0 Å². The number of ether oxygens (including phenoxy) is 2. The van der Waals surface area contributed by atoms with E-state index in [2.05, 4.69) is 0 Å². The molecule has 3 nitrogen and oxygen atoms in total. The molecule has 0 radical (unpaired) electrons. The van der Waals surface area contributed by atoms with Crippen molar-refractivity contribution in [2.45, 2.75) is 24.9 Å². The fraction of sp³-hybridized carbons (Fsp3) is 0.571. The highest BCUT2D eigenvalue weighted by Crippen LogP contribution is 2.62. The molecule has 3 unspecified atom stereocenters. The summed E-state index contributed by atoms with van der Waals surface area (Å²) >= 11 is 0. The van der Waals surface area contributed by atoms with Crippen LogP contribution in [-0.4, -0.2) is 19.3 Å². The van der Waals surface area contributed by atoms with Crippen molar-refractivity contribution >= 4 is 0 Å². The Balaban J connectivity index is 2.05. The second-order valence-electron chi connectivity index (χ2n) is 5.13. The summed E-state index contributed by atoms with van der Waals surface area (Å²) in [5, 5.41) is 10.9. The Hall–Kier alpha value is -1.22. The number of hydrogen-bond acceptors (Lipinski definition) is 3. The van der Waals surface area contributed by atoms with Crippen molar-refractivity contribution in [2.24, 2.45) is 11.8 Å². The Morgan fingerprint density at radius 2 is 2.12 bits per heavy atom. The molecule has 0 amide bonds. The molecule has 0 aromatic heterocycles. The van der Waals surface area contributed by atoms with Gasteiger partial charge in [0.15, 0.2) is 0 Å². The minimum Gasteiger partial charge on any atom is -0.497 e. The molecule has 2 aliphatic rings.